The van der Waals surface area contributed by atoms with E-state index in [1.165, 1.54) is 36.8 Å². The first-order valence-corrected chi connectivity index (χ1v) is 13.9. The molecule has 3 aromatic rings. The highest BCUT2D eigenvalue weighted by Gasteiger charge is 2.16. The van der Waals surface area contributed by atoms with Crippen molar-refractivity contribution in [3.8, 4) is 0 Å². The first-order valence-electron chi connectivity index (χ1n) is 11.9. The third kappa shape index (κ3) is 6.97. The lowest BCUT2D eigenvalue weighted by molar-refractivity contribution is 0.152. The van der Waals surface area contributed by atoms with Crippen LogP contribution in [0.4, 0.5) is 15.9 Å². The third-order valence-corrected chi connectivity index (χ3v) is 8.03. The van der Waals surface area contributed by atoms with Crippen molar-refractivity contribution < 1.29 is 12.8 Å². The number of hydrogen-bond acceptors (Lipinski definition) is 8. The Morgan fingerprint density at radius 2 is 1.92 bits per heavy atom. The maximum absolute atomic E-state index is 13.5. The number of hydrogen-bond donors (Lipinski definition) is 1. The molecule has 8 nitrogen and oxygen atoms in total. The van der Waals surface area contributed by atoms with Gasteiger partial charge in [-0.25, -0.2) is 22.8 Å². The summed E-state index contributed by atoms with van der Waals surface area (Å²) in [6, 6.07) is 8.93. The molecule has 0 bridgehead atoms. The van der Waals surface area contributed by atoms with Gasteiger partial charge in [0, 0.05) is 50.0 Å². The van der Waals surface area contributed by atoms with Gasteiger partial charge in [0.05, 0.1) is 21.2 Å². The summed E-state index contributed by atoms with van der Waals surface area (Å²) in [7, 11) is -1.44. The Balaban J connectivity index is 1.35. The summed E-state index contributed by atoms with van der Waals surface area (Å²) in [5.74, 6) is -0.311. The molecule has 36 heavy (non-hydrogen) atoms. The zero-order valence-electron chi connectivity index (χ0n) is 20.2. The molecular weight excluding hydrogens is 503 g/mol. The van der Waals surface area contributed by atoms with E-state index < -0.39 is 15.7 Å². The molecule has 1 aliphatic heterocycles. The molecule has 0 atom stereocenters. The van der Waals surface area contributed by atoms with Crippen molar-refractivity contribution in [1.29, 1.82) is 0 Å². The van der Waals surface area contributed by atoms with Crippen LogP contribution in [0.2, 0.25) is 5.02 Å². The maximum atomic E-state index is 13.5. The monoisotopic (exact) mass is 532 g/mol. The molecule has 0 unspecified atom stereocenters. The number of aliphatic imine (C=N–C) groups is 1. The number of nitrogens with one attached hydrogen (secondary N) is 1. The summed E-state index contributed by atoms with van der Waals surface area (Å²) in [6.07, 6.45) is 4.84. The molecule has 2 aromatic carbocycles. The second kappa shape index (κ2) is 12.1. The fourth-order valence-electron chi connectivity index (χ4n) is 3.99. The summed E-state index contributed by atoms with van der Waals surface area (Å²) in [5, 5.41) is 3.56. The molecule has 0 aliphatic carbocycles. The van der Waals surface area contributed by atoms with E-state index in [-0.39, 0.29) is 15.7 Å². The number of halogens is 2. The van der Waals surface area contributed by atoms with Crippen LogP contribution in [0.3, 0.4) is 0 Å². The number of unbranched alkanes of at least 4 members (excludes halogenated alkanes) is 1. The van der Waals surface area contributed by atoms with Crippen molar-refractivity contribution in [3.05, 3.63) is 53.6 Å². The topological polar surface area (TPSA) is 90.8 Å². The van der Waals surface area contributed by atoms with Crippen LogP contribution in [-0.2, 0) is 9.84 Å². The van der Waals surface area contributed by atoms with E-state index in [0.717, 1.165) is 45.6 Å². The Morgan fingerprint density at radius 1 is 1.11 bits per heavy atom. The van der Waals surface area contributed by atoms with Crippen molar-refractivity contribution in [2.45, 2.75) is 17.7 Å². The van der Waals surface area contributed by atoms with Gasteiger partial charge in [0.25, 0.3) is 0 Å². The fourth-order valence-corrected chi connectivity index (χ4v) is 5.24. The van der Waals surface area contributed by atoms with Gasteiger partial charge in [-0.3, -0.25) is 4.99 Å². The van der Waals surface area contributed by atoms with Crippen LogP contribution in [0, 0.1) is 5.82 Å². The normalized spacial score (nSPS) is 15.6. The minimum atomic E-state index is -3.59. The molecule has 1 N–H and O–H groups in total. The second-order valence-corrected chi connectivity index (χ2v) is 11.3. The van der Waals surface area contributed by atoms with Crippen molar-refractivity contribution in [2.75, 3.05) is 57.4 Å². The predicted octanol–water partition coefficient (Wildman–Crippen LogP) is 4.04. The number of anilines is 2. The number of rotatable bonds is 10. The van der Waals surface area contributed by atoms with E-state index in [4.69, 9.17) is 11.6 Å². The molecule has 4 rings (SSSR count). The summed E-state index contributed by atoms with van der Waals surface area (Å²) in [5.41, 5.74) is 1.10. The second-order valence-electron chi connectivity index (χ2n) is 8.88. The van der Waals surface area contributed by atoms with Gasteiger partial charge >= 0.3 is 0 Å². The molecule has 0 amide bonds. The van der Waals surface area contributed by atoms with Crippen molar-refractivity contribution in [3.63, 3.8) is 0 Å². The van der Waals surface area contributed by atoms with E-state index in [0.29, 0.717) is 29.0 Å². The summed E-state index contributed by atoms with van der Waals surface area (Å²) >= 11 is 5.87. The summed E-state index contributed by atoms with van der Waals surface area (Å²) < 4.78 is 39.3. The highest BCUT2D eigenvalue weighted by atomic mass is 35.5. The molecule has 1 saturated heterocycles. The van der Waals surface area contributed by atoms with E-state index in [1.54, 1.807) is 12.1 Å². The van der Waals surface area contributed by atoms with Crippen LogP contribution in [-0.4, -0.2) is 86.5 Å². The first-order chi connectivity index (χ1) is 17.3. The van der Waals surface area contributed by atoms with Crippen molar-refractivity contribution >= 4 is 50.1 Å². The van der Waals surface area contributed by atoms with Crippen LogP contribution in [0.15, 0.2) is 52.6 Å². The van der Waals surface area contributed by atoms with E-state index in [9.17, 15) is 12.8 Å². The van der Waals surface area contributed by atoms with Crippen molar-refractivity contribution in [2.24, 2.45) is 4.99 Å². The molecule has 0 spiro atoms. The predicted molar refractivity (Wildman–Crippen MR) is 143 cm³/mol. The zero-order valence-corrected chi connectivity index (χ0v) is 21.8. The molecule has 11 heteroatoms. The fraction of sp³-hybridized carbons (Fsp3) is 0.400. The van der Waals surface area contributed by atoms with Gasteiger partial charge in [-0.1, -0.05) is 11.6 Å². The molecule has 2 heterocycles. The van der Waals surface area contributed by atoms with Crippen LogP contribution < -0.4 is 5.32 Å². The number of likely N-dealkylation sites (N-methyl/N-ethyl adjacent to an activating group) is 1. The van der Waals surface area contributed by atoms with E-state index in [2.05, 4.69) is 37.1 Å². The molecule has 0 saturated carbocycles. The molecule has 0 radical (unpaired) electrons. The number of piperazine rings is 1. The maximum Gasteiger partial charge on any atom is 0.183 e. The number of sulfone groups is 1. The summed E-state index contributed by atoms with van der Waals surface area (Å²) in [4.78, 5) is 17.7. The molecule has 1 fully saturated rings. The quantitative estimate of drug-likeness (QED) is 0.311. The lowest BCUT2D eigenvalue weighted by Crippen LogP contribution is -2.44. The van der Waals surface area contributed by atoms with Crippen LogP contribution in [0.5, 0.6) is 0 Å². The average Bonchev–Trinajstić information content (AvgIpc) is 2.86. The summed E-state index contributed by atoms with van der Waals surface area (Å²) in [6.45, 7) is 6.09. The molecule has 1 aromatic heterocycles. The minimum absolute atomic E-state index is 0.0276. The lowest BCUT2D eigenvalue weighted by Gasteiger charge is -2.32. The smallest absolute Gasteiger partial charge is 0.183 e. The minimum Gasteiger partial charge on any atom is -0.340 e. The molecular formula is C25H30ClFN6O2S. The Morgan fingerprint density at radius 3 is 2.69 bits per heavy atom. The van der Waals surface area contributed by atoms with Gasteiger partial charge in [0.1, 0.15) is 18.0 Å². The molecule has 192 valence electrons. The largest absolute Gasteiger partial charge is 0.340 e. The highest BCUT2D eigenvalue weighted by Crippen LogP contribution is 2.27. The van der Waals surface area contributed by atoms with Crippen molar-refractivity contribution in [1.82, 2.24) is 19.8 Å². The Labute approximate surface area is 216 Å². The number of fused-ring (bicyclic) bond motifs is 1. The average molecular weight is 533 g/mol. The van der Waals surface area contributed by atoms with Crippen LogP contribution >= 0.6 is 11.6 Å². The zero-order chi connectivity index (χ0) is 25.5. The van der Waals surface area contributed by atoms with Gasteiger partial charge in [-0.05, 0) is 62.8 Å². The van der Waals surface area contributed by atoms with Gasteiger partial charge in [0.15, 0.2) is 9.84 Å². The van der Waals surface area contributed by atoms with Crippen LogP contribution in [0.25, 0.3) is 10.9 Å². The lowest BCUT2D eigenvalue weighted by atomic mass is 10.2. The third-order valence-electron chi connectivity index (χ3n) is 6.18. The van der Waals surface area contributed by atoms with Crippen LogP contribution in [0.1, 0.15) is 12.8 Å². The first kappa shape index (κ1) is 26.4. The number of benzene rings is 2. The number of aromatic nitrogens is 2. The van der Waals surface area contributed by atoms with Gasteiger partial charge < -0.3 is 15.1 Å². The Hall–Kier alpha value is -2.66. The number of nitrogens with zero attached hydrogens (tertiary/aromatic N) is 5. The van der Waals surface area contributed by atoms with Gasteiger partial charge in [0.2, 0.25) is 0 Å². The van der Waals surface area contributed by atoms with Gasteiger partial charge in [-0.2, -0.15) is 0 Å². The Kier molecular flexibility index (Phi) is 8.84. The van der Waals surface area contributed by atoms with E-state index in [1.807, 2.05) is 0 Å². The van der Waals surface area contributed by atoms with Gasteiger partial charge in [-0.15, -0.1) is 0 Å². The van der Waals surface area contributed by atoms with E-state index >= 15 is 0 Å². The molecule has 1 aliphatic rings. The standard InChI is InChI=1S/C25H30ClFN6O2S/c1-32-11-13-33(14-12-32)10-3-2-8-28-9-15-36(34,35)20-5-7-24-21(17-20)25(30-18-29-24)31-19-4-6-23(27)22(26)16-19/h4-7,9,16-18H,2-3,8,10-15H2,1H3,(H,29,30,31). The highest BCUT2D eigenvalue weighted by molar-refractivity contribution is 7.92. The Bertz CT molecular complexity index is 1330. The SMILES string of the molecule is CN1CCN(CCCCN=CCS(=O)(=O)c2ccc3ncnc(Nc4ccc(F)c(Cl)c4)c3c2)CC1.